The lowest BCUT2D eigenvalue weighted by molar-refractivity contribution is 0.294. The fraction of sp³-hybridized carbons (Fsp3) is 0.455. The topological polar surface area (TPSA) is 44.5 Å². The van der Waals surface area contributed by atoms with Crippen molar-refractivity contribution in [1.29, 1.82) is 0 Å². The van der Waals surface area contributed by atoms with E-state index in [1.165, 1.54) is 0 Å². The molecule has 1 aromatic rings. The van der Waals surface area contributed by atoms with Crippen LogP contribution in [0.5, 0.6) is 11.5 Å². The van der Waals surface area contributed by atoms with E-state index in [1.54, 1.807) is 7.11 Å². The lowest BCUT2D eigenvalue weighted by Gasteiger charge is -2.10. The summed E-state index contributed by atoms with van der Waals surface area (Å²) in [6.07, 6.45) is 0.988. The Morgan fingerprint density at radius 1 is 1.27 bits per heavy atom. The van der Waals surface area contributed by atoms with E-state index in [-0.39, 0.29) is 12.4 Å². The molecule has 1 aromatic carbocycles. The van der Waals surface area contributed by atoms with Crippen molar-refractivity contribution in [2.75, 3.05) is 13.7 Å². The highest BCUT2D eigenvalue weighted by Gasteiger charge is 2.04. The maximum atomic E-state index is 5.53. The van der Waals surface area contributed by atoms with Gasteiger partial charge in [0.25, 0.3) is 0 Å². The van der Waals surface area contributed by atoms with Crippen LogP contribution in [0, 0.1) is 0 Å². The van der Waals surface area contributed by atoms with E-state index in [0.29, 0.717) is 13.2 Å². The van der Waals surface area contributed by atoms with Crippen molar-refractivity contribution in [3.8, 4) is 11.5 Å². The van der Waals surface area contributed by atoms with Crippen LogP contribution in [0.2, 0.25) is 0 Å². The molecule has 0 bridgehead atoms. The minimum Gasteiger partial charge on any atom is -0.493 e. The van der Waals surface area contributed by atoms with Crippen molar-refractivity contribution in [3.63, 3.8) is 0 Å². The molecule has 0 aliphatic heterocycles. The van der Waals surface area contributed by atoms with Crippen molar-refractivity contribution >= 4 is 12.4 Å². The van der Waals surface area contributed by atoms with Gasteiger partial charge in [-0.2, -0.15) is 0 Å². The van der Waals surface area contributed by atoms with E-state index < -0.39 is 0 Å². The average molecular weight is 232 g/mol. The molecule has 0 saturated carbocycles. The number of halogens is 1. The third-order valence-corrected chi connectivity index (χ3v) is 1.93. The summed E-state index contributed by atoms with van der Waals surface area (Å²) in [5.74, 6) is 1.54. The van der Waals surface area contributed by atoms with E-state index in [0.717, 1.165) is 23.5 Å². The summed E-state index contributed by atoms with van der Waals surface area (Å²) in [4.78, 5) is 0. The fourth-order valence-electron chi connectivity index (χ4n) is 1.17. The summed E-state index contributed by atoms with van der Waals surface area (Å²) in [5, 5.41) is 0. The Morgan fingerprint density at radius 2 is 2.00 bits per heavy atom. The van der Waals surface area contributed by atoms with Gasteiger partial charge in [-0.3, -0.25) is 0 Å². The number of ether oxygens (including phenoxy) is 2. The van der Waals surface area contributed by atoms with Crippen LogP contribution in [-0.4, -0.2) is 13.7 Å². The number of methoxy groups -OCH3 is 1. The predicted octanol–water partition coefficient (Wildman–Crippen LogP) is 2.36. The van der Waals surface area contributed by atoms with Crippen LogP contribution < -0.4 is 15.2 Å². The molecule has 0 heterocycles. The highest BCUT2D eigenvalue weighted by atomic mass is 35.5. The molecule has 1 rings (SSSR count). The summed E-state index contributed by atoms with van der Waals surface area (Å²) in [7, 11) is 1.63. The Bertz CT molecular complexity index is 292. The molecular weight excluding hydrogens is 214 g/mol. The van der Waals surface area contributed by atoms with E-state index in [2.05, 4.69) is 6.92 Å². The first-order chi connectivity index (χ1) is 6.81. The molecule has 0 atom stereocenters. The maximum absolute atomic E-state index is 5.53. The van der Waals surface area contributed by atoms with E-state index in [9.17, 15) is 0 Å². The van der Waals surface area contributed by atoms with Gasteiger partial charge in [0.15, 0.2) is 11.5 Å². The normalized spacial score (nSPS) is 9.27. The standard InChI is InChI=1S/C11H17NO2.ClH/c1-3-6-14-10-5-4-9(8-12)7-11(10)13-2;/h4-5,7H,3,6,8,12H2,1-2H3;1H. The second kappa shape index (κ2) is 7.37. The molecule has 4 heteroatoms. The van der Waals surface area contributed by atoms with Gasteiger partial charge >= 0.3 is 0 Å². The highest BCUT2D eigenvalue weighted by molar-refractivity contribution is 5.85. The lowest BCUT2D eigenvalue weighted by atomic mass is 10.2. The Morgan fingerprint density at radius 3 is 2.53 bits per heavy atom. The van der Waals surface area contributed by atoms with Crippen LogP contribution in [0.25, 0.3) is 0 Å². The van der Waals surface area contributed by atoms with Crippen LogP contribution in [0.15, 0.2) is 18.2 Å². The Balaban J connectivity index is 0.00000196. The van der Waals surface area contributed by atoms with Crippen molar-refractivity contribution < 1.29 is 9.47 Å². The lowest BCUT2D eigenvalue weighted by Crippen LogP contribution is -2.00. The summed E-state index contributed by atoms with van der Waals surface area (Å²) >= 11 is 0. The maximum Gasteiger partial charge on any atom is 0.161 e. The van der Waals surface area contributed by atoms with Gasteiger partial charge in [0.05, 0.1) is 13.7 Å². The summed E-state index contributed by atoms with van der Waals surface area (Å²) < 4.78 is 10.7. The third kappa shape index (κ3) is 3.98. The number of nitrogens with two attached hydrogens (primary N) is 1. The molecule has 86 valence electrons. The summed E-state index contributed by atoms with van der Waals surface area (Å²) in [5.41, 5.74) is 6.57. The minimum atomic E-state index is 0. The van der Waals surface area contributed by atoms with Gasteiger partial charge in [0.1, 0.15) is 0 Å². The van der Waals surface area contributed by atoms with Crippen LogP contribution in [0.3, 0.4) is 0 Å². The van der Waals surface area contributed by atoms with Gasteiger partial charge in [0.2, 0.25) is 0 Å². The quantitative estimate of drug-likeness (QED) is 0.846. The first kappa shape index (κ1) is 14.1. The summed E-state index contributed by atoms with van der Waals surface area (Å²) in [6.45, 7) is 3.30. The smallest absolute Gasteiger partial charge is 0.161 e. The molecule has 0 fully saturated rings. The third-order valence-electron chi connectivity index (χ3n) is 1.93. The Labute approximate surface area is 97.0 Å². The SMILES string of the molecule is CCCOc1ccc(CN)cc1OC.Cl. The number of hydrogen-bond donors (Lipinski definition) is 1. The molecule has 3 nitrogen and oxygen atoms in total. The van der Waals surface area contributed by atoms with E-state index >= 15 is 0 Å². The molecule has 0 unspecified atom stereocenters. The van der Waals surface area contributed by atoms with Crippen molar-refractivity contribution in [2.24, 2.45) is 5.73 Å². The van der Waals surface area contributed by atoms with Crippen LogP contribution >= 0.6 is 12.4 Å². The molecule has 15 heavy (non-hydrogen) atoms. The zero-order chi connectivity index (χ0) is 10.4. The molecule has 0 radical (unpaired) electrons. The second-order valence-electron chi connectivity index (χ2n) is 3.04. The van der Waals surface area contributed by atoms with Crippen LogP contribution in [0.1, 0.15) is 18.9 Å². The molecule has 0 spiro atoms. The molecule has 0 aliphatic carbocycles. The number of hydrogen-bond acceptors (Lipinski definition) is 3. The minimum absolute atomic E-state index is 0. The molecule has 0 amide bonds. The zero-order valence-corrected chi connectivity index (χ0v) is 9.97. The van der Waals surface area contributed by atoms with E-state index in [1.807, 2.05) is 18.2 Å². The van der Waals surface area contributed by atoms with Crippen LogP contribution in [0.4, 0.5) is 0 Å². The molecule has 2 N–H and O–H groups in total. The number of benzene rings is 1. The predicted molar refractivity (Wildman–Crippen MR) is 63.9 cm³/mol. The van der Waals surface area contributed by atoms with Crippen molar-refractivity contribution in [1.82, 2.24) is 0 Å². The first-order valence-corrected chi connectivity index (χ1v) is 4.81. The van der Waals surface area contributed by atoms with Crippen LogP contribution in [-0.2, 0) is 6.54 Å². The van der Waals surface area contributed by atoms with Gasteiger partial charge in [0, 0.05) is 6.54 Å². The first-order valence-electron chi connectivity index (χ1n) is 4.81. The Hall–Kier alpha value is -0.930. The van der Waals surface area contributed by atoms with E-state index in [4.69, 9.17) is 15.2 Å². The fourth-order valence-corrected chi connectivity index (χ4v) is 1.17. The van der Waals surface area contributed by atoms with Gasteiger partial charge in [-0.25, -0.2) is 0 Å². The zero-order valence-electron chi connectivity index (χ0n) is 9.16. The average Bonchev–Trinajstić information content (AvgIpc) is 2.26. The van der Waals surface area contributed by atoms with Gasteiger partial charge in [-0.05, 0) is 24.1 Å². The summed E-state index contributed by atoms with van der Waals surface area (Å²) in [6, 6.07) is 5.76. The monoisotopic (exact) mass is 231 g/mol. The number of rotatable bonds is 5. The Kier molecular flexibility index (Phi) is 6.92. The van der Waals surface area contributed by atoms with Crippen molar-refractivity contribution in [3.05, 3.63) is 23.8 Å². The largest absolute Gasteiger partial charge is 0.493 e. The highest BCUT2D eigenvalue weighted by Crippen LogP contribution is 2.27. The molecule has 0 aliphatic rings. The van der Waals surface area contributed by atoms with Crippen molar-refractivity contribution in [2.45, 2.75) is 19.9 Å². The van der Waals surface area contributed by atoms with Gasteiger partial charge in [-0.15, -0.1) is 12.4 Å². The molecule has 0 aromatic heterocycles. The van der Waals surface area contributed by atoms with Gasteiger partial charge in [-0.1, -0.05) is 13.0 Å². The molecular formula is C11H18ClNO2. The molecule has 0 saturated heterocycles. The second-order valence-corrected chi connectivity index (χ2v) is 3.04. The van der Waals surface area contributed by atoms with Gasteiger partial charge < -0.3 is 15.2 Å².